The highest BCUT2D eigenvalue weighted by molar-refractivity contribution is 7.16. The number of anilines is 1. The van der Waals surface area contributed by atoms with Crippen molar-refractivity contribution in [1.82, 2.24) is 15.5 Å². The highest BCUT2D eigenvalue weighted by atomic mass is 32.1. The molecule has 0 spiro atoms. The summed E-state index contributed by atoms with van der Waals surface area (Å²) in [4.78, 5) is 11.6. The number of aromatic nitrogens is 2. The average Bonchev–Trinajstić information content (AvgIpc) is 2.64. The third-order valence-corrected chi connectivity index (χ3v) is 2.58. The van der Waals surface area contributed by atoms with Crippen LogP contribution in [0.25, 0.3) is 0 Å². The van der Waals surface area contributed by atoms with E-state index in [2.05, 4.69) is 15.5 Å². The zero-order valence-corrected chi connectivity index (χ0v) is 9.50. The van der Waals surface area contributed by atoms with Crippen molar-refractivity contribution >= 4 is 22.4 Å². The van der Waals surface area contributed by atoms with E-state index in [0.29, 0.717) is 11.7 Å². The van der Waals surface area contributed by atoms with Gasteiger partial charge in [-0.3, -0.25) is 4.79 Å². The molecule has 0 aliphatic heterocycles. The van der Waals surface area contributed by atoms with Crippen molar-refractivity contribution < 1.29 is 9.53 Å². The van der Waals surface area contributed by atoms with E-state index in [1.165, 1.54) is 0 Å². The van der Waals surface area contributed by atoms with Gasteiger partial charge in [-0.25, -0.2) is 0 Å². The number of hydrogen-bond donors (Lipinski definition) is 2. The Morgan fingerprint density at radius 1 is 1.67 bits per heavy atom. The van der Waals surface area contributed by atoms with Gasteiger partial charge < -0.3 is 15.8 Å². The van der Waals surface area contributed by atoms with Gasteiger partial charge in [0.05, 0.1) is 12.6 Å². The van der Waals surface area contributed by atoms with Crippen LogP contribution in [0.3, 0.4) is 0 Å². The Hall–Kier alpha value is -1.21. The molecule has 1 aromatic heterocycles. The maximum absolute atomic E-state index is 11.6. The fraction of sp³-hybridized carbons (Fsp3) is 0.625. The molecule has 0 saturated heterocycles. The Morgan fingerprint density at radius 3 is 2.87 bits per heavy atom. The van der Waals surface area contributed by atoms with Crippen LogP contribution in [0.15, 0.2) is 0 Å². The lowest BCUT2D eigenvalue weighted by atomic mass is 10.2. The highest BCUT2D eigenvalue weighted by Crippen LogP contribution is 2.10. The molecule has 7 heteroatoms. The van der Waals surface area contributed by atoms with Crippen LogP contribution in [-0.2, 0) is 4.74 Å². The molecule has 0 aliphatic carbocycles. The second-order valence-electron chi connectivity index (χ2n) is 2.98. The maximum Gasteiger partial charge on any atom is 0.282 e. The number of hydrogen-bond acceptors (Lipinski definition) is 6. The molecule has 0 aliphatic rings. The van der Waals surface area contributed by atoms with Gasteiger partial charge in [0.25, 0.3) is 5.91 Å². The van der Waals surface area contributed by atoms with E-state index in [9.17, 15) is 4.79 Å². The van der Waals surface area contributed by atoms with E-state index in [-0.39, 0.29) is 17.0 Å². The van der Waals surface area contributed by atoms with Crippen LogP contribution in [0.5, 0.6) is 0 Å². The molecule has 6 nitrogen and oxygen atoms in total. The Kier molecular flexibility index (Phi) is 4.44. The minimum Gasteiger partial charge on any atom is -0.383 e. The molecule has 1 rings (SSSR count). The Labute approximate surface area is 91.8 Å². The monoisotopic (exact) mass is 230 g/mol. The van der Waals surface area contributed by atoms with E-state index in [4.69, 9.17) is 10.5 Å². The zero-order valence-electron chi connectivity index (χ0n) is 8.69. The number of ether oxygens (including phenoxy) is 1. The molecule has 0 aromatic carbocycles. The van der Waals surface area contributed by atoms with Crippen LogP contribution in [-0.4, -0.2) is 35.9 Å². The number of carbonyl (C=O) groups is 1. The Balaban J connectivity index is 2.54. The fourth-order valence-corrected chi connectivity index (χ4v) is 1.55. The molecule has 1 unspecified atom stereocenters. The summed E-state index contributed by atoms with van der Waals surface area (Å²) in [6, 6.07) is -0.00683. The first-order valence-corrected chi connectivity index (χ1v) is 5.37. The number of rotatable bonds is 5. The summed E-state index contributed by atoms with van der Waals surface area (Å²) in [5.41, 5.74) is 5.38. The van der Waals surface area contributed by atoms with Crippen molar-refractivity contribution in [1.29, 1.82) is 0 Å². The lowest BCUT2D eigenvalue weighted by Gasteiger charge is -2.14. The molecule has 84 valence electrons. The minimum atomic E-state index is -0.256. The summed E-state index contributed by atoms with van der Waals surface area (Å²) in [6.45, 7) is 2.45. The van der Waals surface area contributed by atoms with Gasteiger partial charge in [0.15, 0.2) is 0 Å². The number of nitrogens with two attached hydrogens (primary N) is 1. The van der Waals surface area contributed by atoms with Gasteiger partial charge in [0.2, 0.25) is 10.1 Å². The standard InChI is InChI=1S/C8H14N4O2S/c1-3-5(4-14-2)10-6(13)7-11-12-8(9)15-7/h5H,3-4H2,1-2H3,(H2,9,12)(H,10,13). The van der Waals surface area contributed by atoms with Crippen molar-refractivity contribution in [3.05, 3.63) is 5.01 Å². The minimum absolute atomic E-state index is 0.00683. The quantitative estimate of drug-likeness (QED) is 0.758. The summed E-state index contributed by atoms with van der Waals surface area (Å²) in [7, 11) is 1.59. The largest absolute Gasteiger partial charge is 0.383 e. The second kappa shape index (κ2) is 5.62. The van der Waals surface area contributed by atoms with Gasteiger partial charge in [-0.2, -0.15) is 0 Å². The number of nitrogens with zero attached hydrogens (tertiary/aromatic N) is 2. The van der Waals surface area contributed by atoms with Crippen LogP contribution in [0.2, 0.25) is 0 Å². The van der Waals surface area contributed by atoms with Crippen LogP contribution < -0.4 is 11.1 Å². The number of methoxy groups -OCH3 is 1. The van der Waals surface area contributed by atoms with Gasteiger partial charge >= 0.3 is 0 Å². The number of nitrogens with one attached hydrogen (secondary N) is 1. The van der Waals surface area contributed by atoms with Crippen LogP contribution in [0.4, 0.5) is 5.13 Å². The molecule has 0 saturated carbocycles. The number of amides is 1. The van der Waals surface area contributed by atoms with Gasteiger partial charge in [0, 0.05) is 7.11 Å². The van der Waals surface area contributed by atoms with Crippen LogP contribution in [0, 0.1) is 0 Å². The summed E-state index contributed by atoms with van der Waals surface area (Å²) < 4.78 is 4.96. The third-order valence-electron chi connectivity index (χ3n) is 1.83. The van der Waals surface area contributed by atoms with Gasteiger partial charge in [-0.1, -0.05) is 18.3 Å². The van der Waals surface area contributed by atoms with E-state index in [1.54, 1.807) is 7.11 Å². The molecule has 1 atom stereocenters. The molecule has 0 radical (unpaired) electrons. The number of nitrogen functional groups attached to an aromatic ring is 1. The summed E-state index contributed by atoms with van der Waals surface area (Å²) >= 11 is 1.07. The van der Waals surface area contributed by atoms with E-state index in [0.717, 1.165) is 17.8 Å². The number of carbonyl (C=O) groups excluding carboxylic acids is 1. The first-order chi connectivity index (χ1) is 7.17. The lowest BCUT2D eigenvalue weighted by molar-refractivity contribution is 0.0893. The Morgan fingerprint density at radius 2 is 2.40 bits per heavy atom. The Bertz CT molecular complexity index is 328. The molecule has 1 heterocycles. The fourth-order valence-electron chi connectivity index (χ4n) is 1.04. The topological polar surface area (TPSA) is 90.1 Å². The van der Waals surface area contributed by atoms with E-state index < -0.39 is 0 Å². The van der Waals surface area contributed by atoms with E-state index in [1.807, 2.05) is 6.92 Å². The summed E-state index contributed by atoms with van der Waals surface area (Å²) in [6.07, 6.45) is 0.799. The first-order valence-electron chi connectivity index (χ1n) is 4.56. The molecule has 0 fully saturated rings. The molecule has 1 aromatic rings. The summed E-state index contributed by atoms with van der Waals surface area (Å²) in [5, 5.41) is 10.6. The lowest BCUT2D eigenvalue weighted by Crippen LogP contribution is -2.37. The van der Waals surface area contributed by atoms with Crippen molar-refractivity contribution in [2.45, 2.75) is 19.4 Å². The molecule has 3 N–H and O–H groups in total. The normalized spacial score (nSPS) is 12.4. The van der Waals surface area contributed by atoms with Crippen molar-refractivity contribution in [2.75, 3.05) is 19.5 Å². The molecule has 0 bridgehead atoms. The van der Waals surface area contributed by atoms with Gasteiger partial charge in [-0.05, 0) is 6.42 Å². The second-order valence-corrected chi connectivity index (χ2v) is 3.99. The smallest absolute Gasteiger partial charge is 0.282 e. The van der Waals surface area contributed by atoms with Crippen molar-refractivity contribution in [3.63, 3.8) is 0 Å². The zero-order chi connectivity index (χ0) is 11.3. The molecule has 15 heavy (non-hydrogen) atoms. The van der Waals surface area contributed by atoms with Crippen LogP contribution >= 0.6 is 11.3 Å². The predicted octanol–water partition coefficient (Wildman–Crippen LogP) is 0.275. The van der Waals surface area contributed by atoms with Crippen molar-refractivity contribution in [2.24, 2.45) is 0 Å². The van der Waals surface area contributed by atoms with Crippen LogP contribution in [0.1, 0.15) is 23.1 Å². The average molecular weight is 230 g/mol. The molecule has 1 amide bonds. The van der Waals surface area contributed by atoms with Gasteiger partial charge in [0.1, 0.15) is 0 Å². The summed E-state index contributed by atoms with van der Waals surface area (Å²) in [5.74, 6) is -0.256. The molecular formula is C8H14N4O2S. The maximum atomic E-state index is 11.6. The first kappa shape index (κ1) is 11.9. The highest BCUT2D eigenvalue weighted by Gasteiger charge is 2.15. The van der Waals surface area contributed by atoms with Crippen molar-refractivity contribution in [3.8, 4) is 0 Å². The van der Waals surface area contributed by atoms with E-state index >= 15 is 0 Å². The molecular weight excluding hydrogens is 216 g/mol. The predicted molar refractivity (Wildman–Crippen MR) is 57.7 cm³/mol. The third kappa shape index (κ3) is 3.45. The van der Waals surface area contributed by atoms with Gasteiger partial charge in [-0.15, -0.1) is 10.2 Å². The SMILES string of the molecule is CCC(COC)NC(=O)c1nnc(N)s1.